The second-order valence-electron chi connectivity index (χ2n) is 10.6. The first-order chi connectivity index (χ1) is 14.4. The van der Waals surface area contributed by atoms with Gasteiger partial charge in [0.05, 0.1) is 11.8 Å². The van der Waals surface area contributed by atoms with Gasteiger partial charge in [-0.1, -0.05) is 32.1 Å². The minimum atomic E-state index is -0.200. The molecule has 2 nitrogen and oxygen atoms in total. The van der Waals surface area contributed by atoms with Crippen molar-refractivity contribution in [3.8, 4) is 10.6 Å². The van der Waals surface area contributed by atoms with Crippen LogP contribution in [0, 0.1) is 34.4 Å². The second-order valence-corrected chi connectivity index (χ2v) is 11.7. The first-order valence-corrected chi connectivity index (χ1v) is 12.4. The van der Waals surface area contributed by atoms with Crippen molar-refractivity contribution in [2.24, 2.45) is 28.6 Å². The lowest BCUT2D eigenvalue weighted by atomic mass is 9.48. The molecule has 2 saturated carbocycles. The fourth-order valence-electron chi connectivity index (χ4n) is 7.60. The summed E-state index contributed by atoms with van der Waals surface area (Å²) in [6, 6.07) is 6.83. The van der Waals surface area contributed by atoms with E-state index in [1.807, 2.05) is 6.07 Å². The number of aryl methyl sites for hydroxylation is 1. The number of hydrogen-bond acceptors (Lipinski definition) is 3. The number of fused-ring (bicyclic) bond motifs is 7. The van der Waals surface area contributed by atoms with Gasteiger partial charge in [-0.3, -0.25) is 0 Å². The van der Waals surface area contributed by atoms with Crippen LogP contribution >= 0.6 is 11.3 Å². The molecule has 4 aliphatic rings. The predicted octanol–water partition coefficient (Wildman–Crippen LogP) is 6.49. The number of hydrogen-bond donors (Lipinski definition) is 1. The molecule has 0 radical (unpaired) electrons. The first kappa shape index (κ1) is 19.2. The third kappa shape index (κ3) is 2.53. The Hall–Kier alpha value is -1.52. The molecular formula is C26H30FNOS. The summed E-state index contributed by atoms with van der Waals surface area (Å²) in [5.74, 6) is 1.83. The Kier molecular flexibility index (Phi) is 4.15. The fraction of sp³-hybridized carbons (Fsp3) is 0.577. The minimum absolute atomic E-state index is 0.119. The summed E-state index contributed by atoms with van der Waals surface area (Å²) in [4.78, 5) is 6.43. The summed E-state index contributed by atoms with van der Waals surface area (Å²) >= 11 is 1.74. The van der Waals surface area contributed by atoms with Crippen molar-refractivity contribution in [2.75, 3.05) is 0 Å². The molecule has 1 aromatic carbocycles. The smallest absolute Gasteiger partial charge is 0.124 e. The van der Waals surface area contributed by atoms with Gasteiger partial charge in [-0.25, -0.2) is 9.37 Å². The van der Waals surface area contributed by atoms with Crippen molar-refractivity contribution in [2.45, 2.75) is 64.9 Å². The highest BCUT2D eigenvalue weighted by atomic mass is 32.1. The highest BCUT2D eigenvalue weighted by Crippen LogP contribution is 2.66. The molecule has 6 atom stereocenters. The van der Waals surface area contributed by atoms with Crippen molar-refractivity contribution in [3.63, 3.8) is 0 Å². The van der Waals surface area contributed by atoms with E-state index in [2.05, 4.69) is 19.9 Å². The Morgan fingerprint density at radius 2 is 2.00 bits per heavy atom. The summed E-state index contributed by atoms with van der Waals surface area (Å²) in [6.45, 7) is 4.83. The van der Waals surface area contributed by atoms with Crippen molar-refractivity contribution < 1.29 is 9.50 Å². The van der Waals surface area contributed by atoms with Gasteiger partial charge < -0.3 is 5.11 Å². The summed E-state index contributed by atoms with van der Waals surface area (Å²) in [5, 5.41) is 11.6. The summed E-state index contributed by atoms with van der Waals surface area (Å²) in [5.41, 5.74) is 3.82. The molecule has 2 aromatic rings. The summed E-state index contributed by atoms with van der Waals surface area (Å²) in [6.07, 6.45) is 10.3. The third-order valence-electron chi connectivity index (χ3n) is 9.31. The number of aromatic nitrogens is 1. The van der Waals surface area contributed by atoms with E-state index in [-0.39, 0.29) is 22.8 Å². The standard InChI is InChI=1S/C26H30FNOS/c1-25-13-11-21-23(28-24(30-21)15-4-3-5-16(27)14-15)20(25)7-6-17-18-8-9-22(29)26(18,2)12-10-19(17)25/h3-5,7,14,17-19,22,29H,6,8-13H2,1-2H3/t17-,18-,19-,22-,25+,26-/m0/s1. The van der Waals surface area contributed by atoms with Crippen LogP contribution in [-0.4, -0.2) is 16.2 Å². The molecular weight excluding hydrogens is 393 g/mol. The fourth-order valence-corrected chi connectivity index (χ4v) is 8.68. The molecule has 4 heteroatoms. The molecule has 0 saturated heterocycles. The Morgan fingerprint density at radius 1 is 1.13 bits per heavy atom. The van der Waals surface area contributed by atoms with Crippen LogP contribution in [0.15, 0.2) is 30.3 Å². The molecule has 4 aliphatic carbocycles. The van der Waals surface area contributed by atoms with E-state index >= 15 is 0 Å². The van der Waals surface area contributed by atoms with Crippen LogP contribution in [0.25, 0.3) is 16.1 Å². The normalized spacial score (nSPS) is 39.5. The van der Waals surface area contributed by atoms with Gasteiger partial charge in [-0.05, 0) is 91.2 Å². The first-order valence-electron chi connectivity index (χ1n) is 11.5. The number of aliphatic hydroxyl groups excluding tert-OH is 1. The zero-order chi connectivity index (χ0) is 20.7. The van der Waals surface area contributed by atoms with Gasteiger partial charge >= 0.3 is 0 Å². The van der Waals surface area contributed by atoms with Gasteiger partial charge in [0.2, 0.25) is 0 Å². The Bertz CT molecular complexity index is 1040. The monoisotopic (exact) mass is 423 g/mol. The Morgan fingerprint density at radius 3 is 2.83 bits per heavy atom. The van der Waals surface area contributed by atoms with E-state index < -0.39 is 0 Å². The molecule has 0 spiro atoms. The lowest BCUT2D eigenvalue weighted by molar-refractivity contribution is -0.0579. The van der Waals surface area contributed by atoms with Crippen molar-refractivity contribution >= 4 is 16.9 Å². The van der Waals surface area contributed by atoms with Crippen LogP contribution in [0.3, 0.4) is 0 Å². The zero-order valence-corrected chi connectivity index (χ0v) is 18.6. The molecule has 0 unspecified atom stereocenters. The average Bonchev–Trinajstić information content (AvgIpc) is 3.29. The van der Waals surface area contributed by atoms with Gasteiger partial charge in [-0.15, -0.1) is 11.3 Å². The van der Waals surface area contributed by atoms with E-state index in [9.17, 15) is 9.50 Å². The van der Waals surface area contributed by atoms with Gasteiger partial charge in [-0.2, -0.15) is 0 Å². The van der Waals surface area contributed by atoms with Gasteiger partial charge in [0.1, 0.15) is 10.8 Å². The largest absolute Gasteiger partial charge is 0.393 e. The number of nitrogens with zero attached hydrogens (tertiary/aromatic N) is 1. The number of allylic oxidation sites excluding steroid dienone is 2. The number of aliphatic hydroxyl groups is 1. The predicted molar refractivity (Wildman–Crippen MR) is 120 cm³/mol. The number of benzene rings is 1. The molecule has 2 fully saturated rings. The molecule has 0 amide bonds. The second kappa shape index (κ2) is 6.49. The quantitative estimate of drug-likeness (QED) is 0.568. The maximum atomic E-state index is 13.8. The van der Waals surface area contributed by atoms with E-state index in [1.165, 1.54) is 41.5 Å². The maximum Gasteiger partial charge on any atom is 0.124 e. The van der Waals surface area contributed by atoms with E-state index in [0.29, 0.717) is 17.8 Å². The molecule has 1 N–H and O–H groups in total. The number of thiazole rings is 1. The lowest BCUT2D eigenvalue weighted by Crippen LogP contribution is -2.50. The number of halogens is 1. The van der Waals surface area contributed by atoms with Crippen molar-refractivity contribution in [3.05, 3.63) is 46.7 Å². The highest BCUT2D eigenvalue weighted by Gasteiger charge is 2.58. The molecule has 1 aromatic heterocycles. The van der Waals surface area contributed by atoms with Crippen LogP contribution in [-0.2, 0) is 6.42 Å². The molecule has 6 rings (SSSR count). The highest BCUT2D eigenvalue weighted by molar-refractivity contribution is 7.15. The van der Waals surface area contributed by atoms with E-state index in [0.717, 1.165) is 36.3 Å². The molecule has 0 bridgehead atoms. The molecule has 30 heavy (non-hydrogen) atoms. The maximum absolute atomic E-state index is 13.8. The third-order valence-corrected chi connectivity index (χ3v) is 10.5. The minimum Gasteiger partial charge on any atom is -0.393 e. The number of rotatable bonds is 1. The van der Waals surface area contributed by atoms with Gasteiger partial charge in [0.15, 0.2) is 0 Å². The molecule has 1 heterocycles. The summed E-state index contributed by atoms with van der Waals surface area (Å²) in [7, 11) is 0. The van der Waals surface area contributed by atoms with Gasteiger partial charge in [0, 0.05) is 10.4 Å². The van der Waals surface area contributed by atoms with Crippen LogP contribution in [0.4, 0.5) is 4.39 Å². The van der Waals surface area contributed by atoms with E-state index in [4.69, 9.17) is 4.98 Å². The summed E-state index contributed by atoms with van der Waals surface area (Å²) < 4.78 is 13.8. The van der Waals surface area contributed by atoms with Crippen LogP contribution in [0.5, 0.6) is 0 Å². The Balaban J connectivity index is 1.39. The molecule has 0 aliphatic heterocycles. The van der Waals surface area contributed by atoms with E-state index in [1.54, 1.807) is 23.5 Å². The van der Waals surface area contributed by atoms with Crippen LogP contribution in [0.2, 0.25) is 0 Å². The Labute approximate surface area is 182 Å². The average molecular weight is 424 g/mol. The molecule has 158 valence electrons. The lowest BCUT2D eigenvalue weighted by Gasteiger charge is -2.56. The van der Waals surface area contributed by atoms with Crippen molar-refractivity contribution in [1.82, 2.24) is 4.98 Å². The van der Waals surface area contributed by atoms with Crippen LogP contribution in [0.1, 0.15) is 62.9 Å². The SMILES string of the molecule is C[C@]12CC[C@H]3[C@@H](CC=C4c5nc(-c6cccc(F)c6)sc5CC[C@@]43C)[C@@H]1CC[C@@H]2O. The topological polar surface area (TPSA) is 33.1 Å². The zero-order valence-electron chi connectivity index (χ0n) is 17.8. The van der Waals surface area contributed by atoms with Crippen LogP contribution < -0.4 is 0 Å². The van der Waals surface area contributed by atoms with Crippen molar-refractivity contribution in [1.29, 1.82) is 0 Å². The van der Waals surface area contributed by atoms with Gasteiger partial charge in [0.25, 0.3) is 0 Å².